The highest BCUT2D eigenvalue weighted by atomic mass is 16.5. The molecule has 1 aliphatic heterocycles. The number of carbonyl (C=O) groups excluding carboxylic acids is 4. The third kappa shape index (κ3) is 9.33. The number of hydrogen-bond acceptors (Lipinski definition) is 7. The molecule has 0 spiro atoms. The molecule has 3 amide bonds. The molecule has 0 aromatic carbocycles. The summed E-state index contributed by atoms with van der Waals surface area (Å²) in [5.41, 5.74) is 0.875. The molecule has 10 nitrogen and oxygen atoms in total. The van der Waals surface area contributed by atoms with E-state index in [0.29, 0.717) is 32.6 Å². The van der Waals surface area contributed by atoms with Gasteiger partial charge in [-0.15, -0.1) is 0 Å². The monoisotopic (exact) mass is 584 g/mol. The number of carbonyl (C=O) groups is 4. The Balaban J connectivity index is 1.02. The minimum atomic E-state index is -0.420. The van der Waals surface area contributed by atoms with Gasteiger partial charge in [0.15, 0.2) is 0 Å². The summed E-state index contributed by atoms with van der Waals surface area (Å²) < 4.78 is 12.1. The first kappa shape index (κ1) is 32.1. The van der Waals surface area contributed by atoms with Crippen LogP contribution >= 0.6 is 0 Å². The second-order valence-corrected chi connectivity index (χ2v) is 12.2. The van der Waals surface area contributed by atoms with E-state index in [4.69, 9.17) is 9.47 Å². The van der Waals surface area contributed by atoms with Crippen LogP contribution in [0.2, 0.25) is 0 Å². The average molecular weight is 585 g/mol. The number of ether oxygens (including phenoxy) is 2. The van der Waals surface area contributed by atoms with Gasteiger partial charge in [0.05, 0.1) is 24.2 Å². The number of nitrogens with one attached hydrogen (secondary N) is 2. The maximum atomic E-state index is 12.9. The van der Waals surface area contributed by atoms with E-state index in [9.17, 15) is 19.2 Å². The van der Waals surface area contributed by atoms with Gasteiger partial charge in [-0.3, -0.25) is 24.2 Å². The zero-order valence-corrected chi connectivity index (χ0v) is 25.2. The van der Waals surface area contributed by atoms with Gasteiger partial charge < -0.3 is 25.0 Å². The Morgan fingerprint density at radius 3 is 2.26 bits per heavy atom. The number of likely N-dealkylation sites (tertiary alicyclic amines) is 1. The van der Waals surface area contributed by atoms with Crippen molar-refractivity contribution in [3.05, 3.63) is 30.1 Å². The minimum absolute atomic E-state index is 0.0300. The van der Waals surface area contributed by atoms with Crippen molar-refractivity contribution < 1.29 is 28.7 Å². The lowest BCUT2D eigenvalue weighted by atomic mass is 9.84. The number of pyridine rings is 1. The number of ketones is 1. The van der Waals surface area contributed by atoms with Gasteiger partial charge in [-0.25, -0.2) is 0 Å². The molecule has 10 heteroatoms. The first-order chi connectivity index (χ1) is 20.3. The van der Waals surface area contributed by atoms with Crippen molar-refractivity contribution in [1.82, 2.24) is 20.5 Å². The number of Topliss-reactive ketones (excluding diaryl/α,β-unsaturated/α-hetero) is 1. The highest BCUT2D eigenvalue weighted by molar-refractivity contribution is 5.90. The van der Waals surface area contributed by atoms with Crippen LogP contribution in [0.4, 0.5) is 0 Å². The van der Waals surface area contributed by atoms with Gasteiger partial charge in [0.25, 0.3) is 0 Å². The van der Waals surface area contributed by atoms with Crippen LogP contribution in [-0.4, -0.2) is 78.4 Å². The van der Waals surface area contributed by atoms with Crippen LogP contribution in [0.25, 0.3) is 0 Å². The minimum Gasteiger partial charge on any atom is -0.378 e. The van der Waals surface area contributed by atoms with Crippen LogP contribution in [0.1, 0.15) is 95.6 Å². The topological polar surface area (TPSA) is 127 Å². The summed E-state index contributed by atoms with van der Waals surface area (Å²) in [5, 5.41) is 6.12. The van der Waals surface area contributed by atoms with Gasteiger partial charge in [0.2, 0.25) is 17.7 Å². The summed E-state index contributed by atoms with van der Waals surface area (Å²) >= 11 is 0. The van der Waals surface area contributed by atoms with Crippen LogP contribution in [0.5, 0.6) is 0 Å². The van der Waals surface area contributed by atoms with E-state index in [1.54, 1.807) is 31.3 Å². The number of aromatic nitrogens is 1. The van der Waals surface area contributed by atoms with Gasteiger partial charge in [0, 0.05) is 64.0 Å². The molecule has 2 atom stereocenters. The molecule has 2 heterocycles. The van der Waals surface area contributed by atoms with Gasteiger partial charge in [-0.05, 0) is 82.8 Å². The summed E-state index contributed by atoms with van der Waals surface area (Å²) in [5.74, 6) is -0.0373. The SMILES string of the molecule is CC(=O)C1CCC(NC(=O)CCCOC2CCC(OCCCNC(=O)[C@H]3CC(=O)N(C)[C@@H]3c3cccnc3)CC2)CC1. The molecule has 1 aromatic heterocycles. The average Bonchev–Trinajstić information content (AvgIpc) is 3.30. The maximum absolute atomic E-state index is 12.9. The molecule has 232 valence electrons. The zero-order valence-electron chi connectivity index (χ0n) is 25.2. The summed E-state index contributed by atoms with van der Waals surface area (Å²) in [6.07, 6.45) is 13.3. The Kier molecular flexibility index (Phi) is 12.3. The van der Waals surface area contributed by atoms with E-state index in [0.717, 1.165) is 63.4 Å². The van der Waals surface area contributed by atoms with E-state index in [1.165, 1.54) is 0 Å². The molecule has 1 saturated heterocycles. The lowest BCUT2D eigenvalue weighted by molar-refractivity contribution is -0.128. The molecule has 0 unspecified atom stereocenters. The smallest absolute Gasteiger partial charge is 0.226 e. The second kappa shape index (κ2) is 16.1. The van der Waals surface area contributed by atoms with Crippen LogP contribution in [0.15, 0.2) is 24.5 Å². The first-order valence-corrected chi connectivity index (χ1v) is 15.8. The van der Waals surface area contributed by atoms with Crippen molar-refractivity contribution in [2.24, 2.45) is 11.8 Å². The summed E-state index contributed by atoms with van der Waals surface area (Å²) in [4.78, 5) is 54.8. The third-order valence-corrected chi connectivity index (χ3v) is 9.11. The molecule has 1 aromatic rings. The van der Waals surface area contributed by atoms with Gasteiger partial charge >= 0.3 is 0 Å². The molecule has 42 heavy (non-hydrogen) atoms. The van der Waals surface area contributed by atoms with E-state index >= 15 is 0 Å². The zero-order chi connectivity index (χ0) is 29.9. The fourth-order valence-corrected chi connectivity index (χ4v) is 6.57. The van der Waals surface area contributed by atoms with Crippen LogP contribution < -0.4 is 10.6 Å². The van der Waals surface area contributed by atoms with Crippen molar-refractivity contribution in [1.29, 1.82) is 0 Å². The molecular formula is C32H48N4O6. The fraction of sp³-hybridized carbons (Fsp3) is 0.719. The maximum Gasteiger partial charge on any atom is 0.226 e. The Hall–Kier alpha value is -2.85. The van der Waals surface area contributed by atoms with E-state index < -0.39 is 5.92 Å². The summed E-state index contributed by atoms with van der Waals surface area (Å²) in [7, 11) is 1.74. The van der Waals surface area contributed by atoms with Gasteiger partial charge in [-0.2, -0.15) is 0 Å². The molecule has 4 rings (SSSR count). The molecule has 3 fully saturated rings. The summed E-state index contributed by atoms with van der Waals surface area (Å²) in [6.45, 7) is 3.34. The van der Waals surface area contributed by atoms with Gasteiger partial charge in [0.1, 0.15) is 5.78 Å². The Labute approximate surface area is 249 Å². The highest BCUT2D eigenvalue weighted by Crippen LogP contribution is 2.36. The number of rotatable bonds is 14. The molecule has 2 N–H and O–H groups in total. The predicted octanol–water partition coefficient (Wildman–Crippen LogP) is 3.50. The van der Waals surface area contributed by atoms with E-state index in [2.05, 4.69) is 15.6 Å². The van der Waals surface area contributed by atoms with E-state index in [-0.39, 0.29) is 60.1 Å². The predicted molar refractivity (Wildman–Crippen MR) is 157 cm³/mol. The fourth-order valence-electron chi connectivity index (χ4n) is 6.57. The van der Waals surface area contributed by atoms with Crippen LogP contribution in [-0.2, 0) is 28.7 Å². The van der Waals surface area contributed by atoms with Crippen LogP contribution in [0.3, 0.4) is 0 Å². The van der Waals surface area contributed by atoms with Crippen molar-refractivity contribution in [3.8, 4) is 0 Å². The highest BCUT2D eigenvalue weighted by Gasteiger charge is 2.42. The van der Waals surface area contributed by atoms with Crippen LogP contribution in [0, 0.1) is 11.8 Å². The first-order valence-electron chi connectivity index (χ1n) is 15.8. The van der Waals surface area contributed by atoms with E-state index in [1.807, 2.05) is 12.1 Å². The Bertz CT molecular complexity index is 1040. The summed E-state index contributed by atoms with van der Waals surface area (Å²) in [6, 6.07) is 3.64. The third-order valence-electron chi connectivity index (χ3n) is 9.11. The van der Waals surface area contributed by atoms with Crippen molar-refractivity contribution in [3.63, 3.8) is 0 Å². The second-order valence-electron chi connectivity index (χ2n) is 12.2. The van der Waals surface area contributed by atoms with Gasteiger partial charge in [-0.1, -0.05) is 6.07 Å². The van der Waals surface area contributed by atoms with Crippen molar-refractivity contribution >= 4 is 23.5 Å². The lowest BCUT2D eigenvalue weighted by Crippen LogP contribution is -2.38. The normalized spacial score (nSPS) is 28.0. The number of hydrogen-bond donors (Lipinski definition) is 2. The molecule has 2 aliphatic carbocycles. The van der Waals surface area contributed by atoms with Crippen molar-refractivity contribution in [2.75, 3.05) is 26.8 Å². The quantitative estimate of drug-likeness (QED) is 0.321. The Morgan fingerprint density at radius 1 is 0.976 bits per heavy atom. The Morgan fingerprint density at radius 2 is 1.64 bits per heavy atom. The lowest BCUT2D eigenvalue weighted by Gasteiger charge is -2.29. The molecule has 0 radical (unpaired) electrons. The largest absolute Gasteiger partial charge is 0.378 e. The molecule has 2 saturated carbocycles. The molecule has 3 aliphatic rings. The molecular weight excluding hydrogens is 536 g/mol. The number of amides is 3. The molecule has 0 bridgehead atoms. The van der Waals surface area contributed by atoms with Crippen molar-refractivity contribution in [2.45, 2.75) is 108 Å². The standard InChI is InChI=1S/C32H48N4O6/c1-22(37)23-8-10-25(11-9-23)35-29(38)7-4-18-41-26-12-14-27(15-13-26)42-19-5-17-34-32(40)28-20-30(39)36(2)31(28)24-6-3-16-33-21-24/h3,6,16,21,23,25-28,31H,4-5,7-15,17-20H2,1-2H3,(H,34,40)(H,35,38)/t23?,25?,26?,27?,28-,31+/m0/s1. The number of nitrogens with zero attached hydrogens (tertiary/aromatic N) is 2.